The van der Waals surface area contributed by atoms with Crippen molar-refractivity contribution in [1.82, 2.24) is 0 Å². The number of phenols is 1. The summed E-state index contributed by atoms with van der Waals surface area (Å²) in [4.78, 5) is 24.7. The van der Waals surface area contributed by atoms with Crippen LogP contribution in [0.2, 0.25) is 0 Å². The lowest BCUT2D eigenvalue weighted by Gasteiger charge is -2.44. The number of alkyl halides is 1. The molecule has 0 saturated heterocycles. The Balaban J connectivity index is 1.77. The molecule has 3 unspecified atom stereocenters. The summed E-state index contributed by atoms with van der Waals surface area (Å²) in [6, 6.07) is 5.47. The van der Waals surface area contributed by atoms with E-state index in [0.29, 0.717) is 30.4 Å². The van der Waals surface area contributed by atoms with Gasteiger partial charge in [-0.1, -0.05) is 13.0 Å². The number of halogens is 1. The molecular weight excluding hydrogens is 336 g/mol. The predicted molar refractivity (Wildman–Crippen MR) is 98.9 cm³/mol. The van der Waals surface area contributed by atoms with Crippen molar-refractivity contribution in [2.45, 2.75) is 52.4 Å². The second-order valence-corrected chi connectivity index (χ2v) is 8.44. The van der Waals surface area contributed by atoms with Gasteiger partial charge in [-0.2, -0.15) is 0 Å². The maximum absolute atomic E-state index is 12.4. The Labute approximate surface area is 154 Å². The third kappa shape index (κ3) is 3.48. The van der Waals surface area contributed by atoms with Crippen LogP contribution in [0.15, 0.2) is 18.2 Å². The lowest BCUT2D eigenvalue weighted by molar-refractivity contribution is -0.133. The maximum atomic E-state index is 12.4. The van der Waals surface area contributed by atoms with Crippen molar-refractivity contribution in [2.75, 3.05) is 5.88 Å². The molecule has 2 aliphatic rings. The van der Waals surface area contributed by atoms with Gasteiger partial charge < -0.3 is 5.11 Å². The first kappa shape index (κ1) is 18.4. The van der Waals surface area contributed by atoms with Gasteiger partial charge in [0.15, 0.2) is 5.78 Å². The molecule has 2 aliphatic carbocycles. The van der Waals surface area contributed by atoms with Gasteiger partial charge in [-0.05, 0) is 73.1 Å². The van der Waals surface area contributed by atoms with Gasteiger partial charge in [0.25, 0.3) is 0 Å². The van der Waals surface area contributed by atoms with Crippen LogP contribution in [0.1, 0.15) is 50.2 Å². The highest BCUT2D eigenvalue weighted by Crippen LogP contribution is 2.57. The lowest BCUT2D eigenvalue weighted by atomic mass is 9.59. The van der Waals surface area contributed by atoms with Gasteiger partial charge >= 0.3 is 0 Å². The van der Waals surface area contributed by atoms with Crippen molar-refractivity contribution in [3.8, 4) is 5.75 Å². The van der Waals surface area contributed by atoms with E-state index in [0.717, 1.165) is 31.2 Å². The second kappa shape index (κ2) is 7.11. The Bertz CT molecular complexity index is 684. The predicted octanol–water partition coefficient (Wildman–Crippen LogP) is 4.45. The Morgan fingerprint density at radius 2 is 2.12 bits per heavy atom. The number of benzene rings is 1. The largest absolute Gasteiger partial charge is 0.508 e. The first-order valence-corrected chi connectivity index (χ1v) is 9.77. The van der Waals surface area contributed by atoms with Crippen LogP contribution in [0.5, 0.6) is 5.75 Å². The van der Waals surface area contributed by atoms with E-state index in [4.69, 9.17) is 11.6 Å². The molecule has 3 nitrogen and oxygen atoms in total. The number of ketones is 2. The molecule has 0 amide bonds. The lowest BCUT2D eigenvalue weighted by Crippen LogP contribution is -2.43. The van der Waals surface area contributed by atoms with E-state index >= 15 is 0 Å². The topological polar surface area (TPSA) is 54.4 Å². The van der Waals surface area contributed by atoms with E-state index in [9.17, 15) is 14.7 Å². The third-order valence-corrected chi connectivity index (χ3v) is 6.95. The molecule has 3 rings (SSSR count). The molecule has 4 atom stereocenters. The van der Waals surface area contributed by atoms with Crippen LogP contribution in [-0.2, 0) is 16.0 Å². The number of hydrogen-bond donors (Lipinski definition) is 1. The average molecular weight is 363 g/mol. The number of rotatable bonds is 5. The molecule has 0 bridgehead atoms. The van der Waals surface area contributed by atoms with E-state index in [-0.39, 0.29) is 28.8 Å². The van der Waals surface area contributed by atoms with E-state index in [2.05, 4.69) is 13.8 Å². The first-order valence-electron chi connectivity index (χ1n) is 9.24. The molecule has 2 fully saturated rings. The molecule has 0 aromatic heterocycles. The summed E-state index contributed by atoms with van der Waals surface area (Å²) in [5, 5.41) is 9.73. The molecule has 1 aromatic rings. The van der Waals surface area contributed by atoms with Gasteiger partial charge in [-0.25, -0.2) is 0 Å². The van der Waals surface area contributed by atoms with Crippen LogP contribution in [0.25, 0.3) is 0 Å². The molecule has 1 N–H and O–H groups in total. The van der Waals surface area contributed by atoms with E-state index in [1.54, 1.807) is 6.07 Å². The van der Waals surface area contributed by atoms with Crippen molar-refractivity contribution >= 4 is 23.2 Å². The molecule has 1 aromatic carbocycles. The second-order valence-electron chi connectivity index (χ2n) is 8.17. The molecular formula is C21H27ClO3. The monoisotopic (exact) mass is 362 g/mol. The van der Waals surface area contributed by atoms with E-state index in [1.807, 2.05) is 12.1 Å². The fourth-order valence-electron chi connectivity index (χ4n) is 5.42. The van der Waals surface area contributed by atoms with Crippen molar-refractivity contribution in [3.05, 3.63) is 29.3 Å². The van der Waals surface area contributed by atoms with Crippen molar-refractivity contribution in [1.29, 1.82) is 0 Å². The number of phenolic OH excluding ortho intramolecular Hbond substituents is 1. The van der Waals surface area contributed by atoms with Gasteiger partial charge in [0.1, 0.15) is 11.5 Å². The minimum absolute atomic E-state index is 0.0499. The summed E-state index contributed by atoms with van der Waals surface area (Å²) >= 11 is 5.81. The fraction of sp³-hybridized carbons (Fsp3) is 0.619. The standard InChI is InChI=1S/C21H27ClO3/c1-13-3-6-16(23)9-14(13)4-5-15-10-17(24)11-21(2)18(15)7-8-19(21)20(25)12-22/h3,6,9,15,18-19,23H,4-5,7-8,10-12H2,1-2H3/t15?,18?,19-,21?/m1/s1. The number of Topliss-reactive ketones (excluding diaryl/α,β-unsaturated/α-hetero) is 2. The Hall–Kier alpha value is -1.35. The zero-order chi connectivity index (χ0) is 18.2. The van der Waals surface area contributed by atoms with Crippen LogP contribution < -0.4 is 0 Å². The molecule has 2 saturated carbocycles. The smallest absolute Gasteiger partial charge is 0.151 e. The molecule has 4 heteroatoms. The number of aromatic hydroxyl groups is 1. The molecule has 25 heavy (non-hydrogen) atoms. The van der Waals surface area contributed by atoms with Crippen LogP contribution >= 0.6 is 11.6 Å². The number of aryl methyl sites for hydroxylation is 2. The number of carbonyl (C=O) groups is 2. The zero-order valence-electron chi connectivity index (χ0n) is 15.1. The summed E-state index contributed by atoms with van der Waals surface area (Å²) in [6.07, 6.45) is 4.81. The normalized spacial score (nSPS) is 31.8. The third-order valence-electron chi connectivity index (χ3n) is 6.68. The molecule has 0 aliphatic heterocycles. The van der Waals surface area contributed by atoms with Crippen LogP contribution in [0.3, 0.4) is 0 Å². The van der Waals surface area contributed by atoms with Crippen molar-refractivity contribution in [3.63, 3.8) is 0 Å². The van der Waals surface area contributed by atoms with Gasteiger partial charge in [0, 0.05) is 18.8 Å². The first-order chi connectivity index (χ1) is 11.8. The van der Waals surface area contributed by atoms with Crippen LogP contribution in [0, 0.1) is 30.1 Å². The Kier molecular flexibility index (Phi) is 5.24. The quantitative estimate of drug-likeness (QED) is 0.787. The van der Waals surface area contributed by atoms with Crippen LogP contribution in [0.4, 0.5) is 0 Å². The van der Waals surface area contributed by atoms with Crippen LogP contribution in [-0.4, -0.2) is 22.6 Å². The summed E-state index contributed by atoms with van der Waals surface area (Å²) in [6.45, 7) is 4.18. The minimum Gasteiger partial charge on any atom is -0.508 e. The van der Waals surface area contributed by atoms with Gasteiger partial charge in [-0.3, -0.25) is 9.59 Å². The molecule has 0 radical (unpaired) electrons. The fourth-order valence-corrected chi connectivity index (χ4v) is 5.60. The maximum Gasteiger partial charge on any atom is 0.151 e. The Morgan fingerprint density at radius 3 is 2.84 bits per heavy atom. The highest BCUT2D eigenvalue weighted by atomic mass is 35.5. The summed E-state index contributed by atoms with van der Waals surface area (Å²) < 4.78 is 0. The summed E-state index contributed by atoms with van der Waals surface area (Å²) in [5.74, 6) is 1.40. The zero-order valence-corrected chi connectivity index (χ0v) is 15.8. The average Bonchev–Trinajstić information content (AvgIpc) is 2.91. The summed E-state index contributed by atoms with van der Waals surface area (Å²) in [7, 11) is 0. The molecule has 0 heterocycles. The Morgan fingerprint density at radius 1 is 1.36 bits per heavy atom. The molecule has 136 valence electrons. The van der Waals surface area contributed by atoms with Gasteiger partial charge in [-0.15, -0.1) is 11.6 Å². The highest BCUT2D eigenvalue weighted by Gasteiger charge is 2.54. The van der Waals surface area contributed by atoms with Crippen molar-refractivity contribution < 1.29 is 14.7 Å². The van der Waals surface area contributed by atoms with E-state index in [1.165, 1.54) is 5.56 Å². The summed E-state index contributed by atoms with van der Waals surface area (Å²) in [5.41, 5.74) is 2.09. The number of fused-ring (bicyclic) bond motifs is 1. The van der Waals surface area contributed by atoms with Gasteiger partial charge in [0.2, 0.25) is 0 Å². The minimum atomic E-state index is -0.222. The highest BCUT2D eigenvalue weighted by molar-refractivity contribution is 6.28. The van der Waals surface area contributed by atoms with Gasteiger partial charge in [0.05, 0.1) is 5.88 Å². The SMILES string of the molecule is Cc1ccc(O)cc1CCC1CC(=O)CC2(C)C1CC[C@@H]2C(=O)CCl. The number of carbonyl (C=O) groups excluding carboxylic acids is 2. The van der Waals surface area contributed by atoms with Crippen molar-refractivity contribution in [2.24, 2.45) is 23.2 Å². The molecule has 0 spiro atoms. The van der Waals surface area contributed by atoms with E-state index < -0.39 is 0 Å². The number of hydrogen-bond acceptors (Lipinski definition) is 3.